The quantitative estimate of drug-likeness (QED) is 0.822. The van der Waals surface area contributed by atoms with E-state index in [2.05, 4.69) is 4.98 Å². The van der Waals surface area contributed by atoms with Gasteiger partial charge in [-0.25, -0.2) is 18.2 Å². The molecule has 0 spiro atoms. The molecule has 1 N–H and O–H groups in total. The summed E-state index contributed by atoms with van der Waals surface area (Å²) < 4.78 is 26.0. The minimum absolute atomic E-state index is 0.0310. The second kappa shape index (κ2) is 6.63. The van der Waals surface area contributed by atoms with Crippen LogP contribution in [-0.4, -0.2) is 41.9 Å². The minimum Gasteiger partial charge on any atom is -0.478 e. The third kappa shape index (κ3) is 3.74. The molecular formula is C12H18N2O4S. The van der Waals surface area contributed by atoms with Gasteiger partial charge in [-0.15, -0.1) is 0 Å². The molecule has 0 amide bonds. The van der Waals surface area contributed by atoms with Crippen LogP contribution in [0.4, 0.5) is 0 Å². The van der Waals surface area contributed by atoms with Gasteiger partial charge in [0.15, 0.2) is 5.03 Å². The lowest BCUT2D eigenvalue weighted by Crippen LogP contribution is -2.33. The third-order valence-corrected chi connectivity index (χ3v) is 4.35. The number of carbonyl (C=O) groups is 1. The molecule has 0 aliphatic heterocycles. The van der Waals surface area contributed by atoms with E-state index >= 15 is 0 Å². The fraction of sp³-hybridized carbons (Fsp3) is 0.500. The van der Waals surface area contributed by atoms with Gasteiger partial charge >= 0.3 is 5.97 Å². The number of pyridine rings is 1. The summed E-state index contributed by atoms with van der Waals surface area (Å²) in [5, 5.41) is 8.64. The fourth-order valence-corrected chi connectivity index (χ4v) is 3.18. The lowest BCUT2D eigenvalue weighted by molar-refractivity contribution is 0.0696. The maximum absolute atomic E-state index is 12.3. The Bertz CT molecular complexity index is 519. The zero-order chi connectivity index (χ0) is 14.5. The fourth-order valence-electron chi connectivity index (χ4n) is 1.64. The second-order valence-corrected chi connectivity index (χ2v) is 5.98. The van der Waals surface area contributed by atoms with Gasteiger partial charge in [0.2, 0.25) is 0 Å². The van der Waals surface area contributed by atoms with Gasteiger partial charge in [-0.05, 0) is 25.0 Å². The lowest BCUT2D eigenvalue weighted by atomic mass is 10.3. The maximum Gasteiger partial charge on any atom is 0.337 e. The largest absolute Gasteiger partial charge is 0.478 e. The van der Waals surface area contributed by atoms with Crippen molar-refractivity contribution in [2.75, 3.05) is 13.1 Å². The zero-order valence-electron chi connectivity index (χ0n) is 11.0. The first-order valence-electron chi connectivity index (χ1n) is 6.13. The van der Waals surface area contributed by atoms with E-state index < -0.39 is 16.0 Å². The zero-order valence-corrected chi connectivity index (χ0v) is 11.9. The first kappa shape index (κ1) is 15.6. The van der Waals surface area contributed by atoms with Crippen molar-refractivity contribution in [3.63, 3.8) is 0 Å². The average molecular weight is 286 g/mol. The van der Waals surface area contributed by atoms with Crippen molar-refractivity contribution in [3.05, 3.63) is 23.9 Å². The number of carboxylic acid groups (broad SMARTS) is 1. The van der Waals surface area contributed by atoms with E-state index in [1.54, 1.807) is 0 Å². The van der Waals surface area contributed by atoms with Gasteiger partial charge in [0.05, 0.1) is 5.56 Å². The number of hydrogen-bond acceptors (Lipinski definition) is 4. The summed E-state index contributed by atoms with van der Waals surface area (Å²) in [6.45, 7) is 4.66. The molecule has 0 radical (unpaired) electrons. The van der Waals surface area contributed by atoms with Crippen LogP contribution in [-0.2, 0) is 10.0 Å². The summed E-state index contributed by atoms with van der Waals surface area (Å²) >= 11 is 0. The highest BCUT2D eigenvalue weighted by Crippen LogP contribution is 2.14. The molecule has 1 heterocycles. The van der Waals surface area contributed by atoms with Crippen molar-refractivity contribution < 1.29 is 18.3 Å². The number of aromatic nitrogens is 1. The van der Waals surface area contributed by atoms with E-state index in [1.165, 1.54) is 16.4 Å². The van der Waals surface area contributed by atoms with Crippen LogP contribution in [0, 0.1) is 0 Å². The molecule has 0 fully saturated rings. The van der Waals surface area contributed by atoms with Gasteiger partial charge in [-0.1, -0.05) is 13.8 Å². The maximum atomic E-state index is 12.3. The van der Waals surface area contributed by atoms with E-state index in [9.17, 15) is 13.2 Å². The highest BCUT2D eigenvalue weighted by atomic mass is 32.2. The summed E-state index contributed by atoms with van der Waals surface area (Å²) in [5.41, 5.74) is -0.0310. The van der Waals surface area contributed by atoms with Crippen molar-refractivity contribution >= 4 is 16.0 Å². The molecule has 1 aromatic rings. The normalized spacial score (nSPS) is 11.7. The lowest BCUT2D eigenvalue weighted by Gasteiger charge is -2.20. The molecule has 19 heavy (non-hydrogen) atoms. The summed E-state index contributed by atoms with van der Waals surface area (Å²) in [6.07, 6.45) is 2.49. The molecule has 6 nitrogen and oxygen atoms in total. The van der Waals surface area contributed by atoms with Crippen LogP contribution >= 0.6 is 0 Å². The Hall–Kier alpha value is -1.47. The molecule has 0 aromatic carbocycles. The summed E-state index contributed by atoms with van der Waals surface area (Å²) in [4.78, 5) is 14.4. The van der Waals surface area contributed by atoms with Gasteiger partial charge in [0, 0.05) is 19.3 Å². The predicted octanol–water partition coefficient (Wildman–Crippen LogP) is 1.59. The Labute approximate surface area is 113 Å². The molecule has 7 heteroatoms. The summed E-state index contributed by atoms with van der Waals surface area (Å²) in [6, 6.07) is 2.48. The molecule has 0 bridgehead atoms. The Morgan fingerprint density at radius 2 is 1.84 bits per heavy atom. The van der Waals surface area contributed by atoms with Crippen LogP contribution in [0.25, 0.3) is 0 Å². The number of hydrogen-bond donors (Lipinski definition) is 1. The van der Waals surface area contributed by atoms with Crippen LogP contribution < -0.4 is 0 Å². The van der Waals surface area contributed by atoms with E-state index in [1.807, 2.05) is 13.8 Å². The van der Waals surface area contributed by atoms with Gasteiger partial charge in [0.25, 0.3) is 10.0 Å². The predicted molar refractivity (Wildman–Crippen MR) is 70.5 cm³/mol. The molecule has 1 aromatic heterocycles. The highest BCUT2D eigenvalue weighted by molar-refractivity contribution is 7.89. The number of rotatable bonds is 7. The Kier molecular flexibility index (Phi) is 5.44. The van der Waals surface area contributed by atoms with E-state index in [0.29, 0.717) is 25.9 Å². The third-order valence-electron chi connectivity index (χ3n) is 2.53. The number of sulfonamides is 1. The van der Waals surface area contributed by atoms with E-state index in [0.717, 1.165) is 6.20 Å². The minimum atomic E-state index is -3.64. The molecule has 106 valence electrons. The number of aromatic carboxylic acids is 1. The molecule has 0 saturated heterocycles. The van der Waals surface area contributed by atoms with Crippen LogP contribution in [0.5, 0.6) is 0 Å². The van der Waals surface area contributed by atoms with Crippen molar-refractivity contribution in [2.45, 2.75) is 31.7 Å². The second-order valence-electron chi connectivity index (χ2n) is 4.09. The first-order valence-corrected chi connectivity index (χ1v) is 7.57. The van der Waals surface area contributed by atoms with Crippen molar-refractivity contribution in [2.24, 2.45) is 0 Å². The molecule has 0 unspecified atom stereocenters. The topological polar surface area (TPSA) is 87.6 Å². The highest BCUT2D eigenvalue weighted by Gasteiger charge is 2.24. The number of carboxylic acids is 1. The Morgan fingerprint density at radius 3 is 2.21 bits per heavy atom. The van der Waals surface area contributed by atoms with E-state index in [4.69, 9.17) is 5.11 Å². The standard InChI is InChI=1S/C12H18N2O4S/c1-3-7-14(8-4-2)19(17,18)11-6-5-10(9-13-11)12(15)16/h5-6,9H,3-4,7-8H2,1-2H3,(H,15,16). The van der Waals surface area contributed by atoms with E-state index in [-0.39, 0.29) is 10.6 Å². The monoisotopic (exact) mass is 286 g/mol. The molecule has 0 aliphatic rings. The van der Waals surface area contributed by atoms with Crippen molar-refractivity contribution in [1.29, 1.82) is 0 Å². The van der Waals surface area contributed by atoms with Crippen molar-refractivity contribution in [3.8, 4) is 0 Å². The Balaban J connectivity index is 3.07. The molecule has 1 rings (SSSR count). The smallest absolute Gasteiger partial charge is 0.337 e. The van der Waals surface area contributed by atoms with Crippen LogP contribution in [0.2, 0.25) is 0 Å². The van der Waals surface area contributed by atoms with Gasteiger partial charge in [-0.2, -0.15) is 4.31 Å². The van der Waals surface area contributed by atoms with Crippen LogP contribution in [0.15, 0.2) is 23.4 Å². The first-order chi connectivity index (χ1) is 8.93. The molecule has 0 aliphatic carbocycles. The summed E-state index contributed by atoms with van der Waals surface area (Å²) in [5.74, 6) is -1.13. The van der Waals surface area contributed by atoms with Crippen LogP contribution in [0.1, 0.15) is 37.0 Å². The van der Waals surface area contributed by atoms with Crippen LogP contribution in [0.3, 0.4) is 0 Å². The molecule has 0 atom stereocenters. The van der Waals surface area contributed by atoms with Gasteiger partial charge in [0.1, 0.15) is 0 Å². The summed E-state index contributed by atoms with van der Waals surface area (Å²) in [7, 11) is -3.64. The molecular weight excluding hydrogens is 268 g/mol. The van der Waals surface area contributed by atoms with Gasteiger partial charge < -0.3 is 5.11 Å². The Morgan fingerprint density at radius 1 is 1.26 bits per heavy atom. The SMILES string of the molecule is CCCN(CCC)S(=O)(=O)c1ccc(C(=O)O)cn1. The molecule has 0 saturated carbocycles. The van der Waals surface area contributed by atoms with Gasteiger partial charge in [-0.3, -0.25) is 0 Å². The van der Waals surface area contributed by atoms with Crippen molar-refractivity contribution in [1.82, 2.24) is 9.29 Å². The number of nitrogens with zero attached hydrogens (tertiary/aromatic N) is 2. The average Bonchev–Trinajstić information content (AvgIpc) is 2.38.